The Morgan fingerprint density at radius 1 is 0.931 bits per heavy atom. The zero-order valence-electron chi connectivity index (χ0n) is 16.4. The van der Waals surface area contributed by atoms with E-state index >= 15 is 0 Å². The number of nitrogens with zero attached hydrogens (tertiary/aromatic N) is 1. The van der Waals surface area contributed by atoms with Crippen LogP contribution in [0.3, 0.4) is 0 Å². The number of hydrogen-bond donors (Lipinski definition) is 1. The first-order chi connectivity index (χ1) is 14.2. The fraction of sp³-hybridized carbons (Fsp3) is 0.167. The van der Waals surface area contributed by atoms with Gasteiger partial charge in [0, 0.05) is 24.2 Å². The van der Waals surface area contributed by atoms with Gasteiger partial charge in [0.05, 0.1) is 6.61 Å². The van der Waals surface area contributed by atoms with Gasteiger partial charge in [-0.15, -0.1) is 0 Å². The minimum atomic E-state index is -0.236. The minimum absolute atomic E-state index is 0.236. The van der Waals surface area contributed by atoms with Crippen LogP contribution in [-0.2, 0) is 6.42 Å². The Bertz CT molecular complexity index is 928. The Morgan fingerprint density at radius 3 is 2.17 bits per heavy atom. The lowest BCUT2D eigenvalue weighted by Gasteiger charge is -2.23. The molecule has 3 aromatic rings. The molecule has 1 amide bonds. The number of thiocarbonyl (C=S) groups is 1. The van der Waals surface area contributed by atoms with Gasteiger partial charge < -0.3 is 9.64 Å². The second kappa shape index (κ2) is 10.4. The number of ether oxygens (including phenoxy) is 1. The first kappa shape index (κ1) is 20.6. The first-order valence-electron chi connectivity index (χ1n) is 9.62. The number of benzene rings is 3. The Hall–Kier alpha value is -3.18. The van der Waals surface area contributed by atoms with Crippen molar-refractivity contribution in [3.05, 3.63) is 96.1 Å². The van der Waals surface area contributed by atoms with Crippen molar-refractivity contribution in [2.45, 2.75) is 13.3 Å². The SMILES string of the molecule is CCN(C(=S)NC(=O)c1ccc(OCCc2ccccc2)cc1)c1ccccc1. The zero-order valence-corrected chi connectivity index (χ0v) is 17.2. The molecule has 3 rings (SSSR count). The summed E-state index contributed by atoms with van der Waals surface area (Å²) in [5.74, 6) is 0.500. The molecule has 0 aliphatic heterocycles. The van der Waals surface area contributed by atoms with Crippen molar-refractivity contribution in [1.82, 2.24) is 5.32 Å². The van der Waals surface area contributed by atoms with Crippen LogP contribution in [0.25, 0.3) is 0 Å². The predicted molar refractivity (Wildman–Crippen MR) is 122 cm³/mol. The van der Waals surface area contributed by atoms with Gasteiger partial charge in [0.1, 0.15) is 5.75 Å². The van der Waals surface area contributed by atoms with E-state index in [1.807, 2.05) is 60.4 Å². The Balaban J connectivity index is 1.53. The maximum Gasteiger partial charge on any atom is 0.257 e. The molecule has 0 saturated heterocycles. The van der Waals surface area contributed by atoms with Gasteiger partial charge in [-0.25, -0.2) is 0 Å². The molecule has 3 aromatic carbocycles. The van der Waals surface area contributed by atoms with Crippen molar-refractivity contribution in [2.75, 3.05) is 18.1 Å². The quantitative estimate of drug-likeness (QED) is 0.572. The molecule has 5 heteroatoms. The van der Waals surface area contributed by atoms with E-state index in [1.165, 1.54) is 5.56 Å². The molecule has 0 saturated carbocycles. The number of carbonyl (C=O) groups excluding carboxylic acids is 1. The van der Waals surface area contributed by atoms with Gasteiger partial charge in [0.15, 0.2) is 5.11 Å². The summed E-state index contributed by atoms with van der Waals surface area (Å²) in [6.45, 7) is 3.24. The number of rotatable bonds is 7. The molecular weight excluding hydrogens is 380 g/mol. The van der Waals surface area contributed by atoms with Crippen molar-refractivity contribution in [3.8, 4) is 5.75 Å². The summed E-state index contributed by atoms with van der Waals surface area (Å²) in [4.78, 5) is 14.4. The molecule has 148 valence electrons. The van der Waals surface area contributed by atoms with E-state index in [0.717, 1.165) is 17.9 Å². The van der Waals surface area contributed by atoms with Crippen molar-refractivity contribution in [2.24, 2.45) is 0 Å². The maximum atomic E-state index is 12.6. The molecule has 1 N–H and O–H groups in total. The fourth-order valence-electron chi connectivity index (χ4n) is 2.92. The third kappa shape index (κ3) is 5.90. The molecule has 0 unspecified atom stereocenters. The summed E-state index contributed by atoms with van der Waals surface area (Å²) >= 11 is 5.43. The second-order valence-electron chi connectivity index (χ2n) is 6.45. The molecule has 4 nitrogen and oxygen atoms in total. The van der Waals surface area contributed by atoms with Crippen LogP contribution in [0.4, 0.5) is 5.69 Å². The Morgan fingerprint density at radius 2 is 1.55 bits per heavy atom. The highest BCUT2D eigenvalue weighted by Crippen LogP contribution is 2.15. The van der Waals surface area contributed by atoms with Gasteiger partial charge in [-0.2, -0.15) is 0 Å². The summed E-state index contributed by atoms with van der Waals surface area (Å²) in [6.07, 6.45) is 0.837. The van der Waals surface area contributed by atoms with E-state index in [9.17, 15) is 4.79 Å². The normalized spacial score (nSPS) is 10.2. The molecule has 0 fully saturated rings. The smallest absolute Gasteiger partial charge is 0.257 e. The van der Waals surface area contributed by atoms with E-state index < -0.39 is 0 Å². The zero-order chi connectivity index (χ0) is 20.5. The van der Waals surface area contributed by atoms with E-state index in [-0.39, 0.29) is 5.91 Å². The van der Waals surface area contributed by atoms with Crippen LogP contribution >= 0.6 is 12.2 Å². The molecule has 0 aliphatic carbocycles. The largest absolute Gasteiger partial charge is 0.493 e. The van der Waals surface area contributed by atoms with Gasteiger partial charge in [-0.05, 0) is 61.1 Å². The lowest BCUT2D eigenvalue weighted by atomic mass is 10.2. The van der Waals surface area contributed by atoms with Gasteiger partial charge in [0.25, 0.3) is 5.91 Å². The molecule has 0 heterocycles. The molecule has 0 aliphatic rings. The second-order valence-corrected chi connectivity index (χ2v) is 6.83. The number of amides is 1. The Labute approximate surface area is 177 Å². The van der Waals surface area contributed by atoms with Crippen LogP contribution in [0.15, 0.2) is 84.9 Å². The summed E-state index contributed by atoms with van der Waals surface area (Å²) in [5.41, 5.74) is 2.71. The maximum absolute atomic E-state index is 12.6. The average molecular weight is 405 g/mol. The topological polar surface area (TPSA) is 41.6 Å². The molecule has 0 aromatic heterocycles. The van der Waals surface area contributed by atoms with Gasteiger partial charge >= 0.3 is 0 Å². The Kier molecular flexibility index (Phi) is 7.36. The molecule has 0 atom stereocenters. The van der Waals surface area contributed by atoms with Gasteiger partial charge in [-0.3, -0.25) is 10.1 Å². The van der Waals surface area contributed by atoms with E-state index in [2.05, 4.69) is 17.4 Å². The number of nitrogens with one attached hydrogen (secondary N) is 1. The monoisotopic (exact) mass is 404 g/mol. The molecule has 0 spiro atoms. The lowest BCUT2D eigenvalue weighted by molar-refractivity contribution is 0.0977. The van der Waals surface area contributed by atoms with Crippen LogP contribution in [0, 0.1) is 0 Å². The van der Waals surface area contributed by atoms with Crippen LogP contribution in [-0.4, -0.2) is 24.2 Å². The highest BCUT2D eigenvalue weighted by Gasteiger charge is 2.14. The van der Waals surface area contributed by atoms with Crippen molar-refractivity contribution < 1.29 is 9.53 Å². The van der Waals surface area contributed by atoms with Crippen molar-refractivity contribution >= 4 is 28.9 Å². The summed E-state index contributed by atoms with van der Waals surface area (Å²) in [6, 6.07) is 27.0. The van der Waals surface area contributed by atoms with Gasteiger partial charge in [0.2, 0.25) is 0 Å². The minimum Gasteiger partial charge on any atom is -0.493 e. The summed E-state index contributed by atoms with van der Waals surface area (Å²) in [7, 11) is 0. The van der Waals surface area contributed by atoms with E-state index in [0.29, 0.717) is 23.8 Å². The molecule has 0 radical (unpaired) electrons. The van der Waals surface area contributed by atoms with Crippen LogP contribution in [0.2, 0.25) is 0 Å². The standard InChI is InChI=1S/C24H24N2O2S/c1-2-26(21-11-7-4-8-12-21)24(29)25-23(27)20-13-15-22(16-14-20)28-18-17-19-9-5-3-6-10-19/h3-16H,2,17-18H2,1H3,(H,25,27,29). The highest BCUT2D eigenvalue weighted by molar-refractivity contribution is 7.80. The first-order valence-corrected chi connectivity index (χ1v) is 10.0. The highest BCUT2D eigenvalue weighted by atomic mass is 32.1. The van der Waals surface area contributed by atoms with Gasteiger partial charge in [-0.1, -0.05) is 48.5 Å². The van der Waals surface area contributed by atoms with Crippen molar-refractivity contribution in [3.63, 3.8) is 0 Å². The summed E-state index contributed by atoms with van der Waals surface area (Å²) in [5, 5.41) is 3.19. The van der Waals surface area contributed by atoms with Crippen molar-refractivity contribution in [1.29, 1.82) is 0 Å². The average Bonchev–Trinajstić information content (AvgIpc) is 2.76. The van der Waals surface area contributed by atoms with E-state index in [4.69, 9.17) is 17.0 Å². The number of anilines is 1. The number of para-hydroxylation sites is 1. The van der Waals surface area contributed by atoms with Crippen LogP contribution in [0.5, 0.6) is 5.75 Å². The van der Waals surface area contributed by atoms with Crippen LogP contribution < -0.4 is 15.0 Å². The molecule has 29 heavy (non-hydrogen) atoms. The van der Waals surface area contributed by atoms with Crippen LogP contribution in [0.1, 0.15) is 22.8 Å². The number of hydrogen-bond acceptors (Lipinski definition) is 3. The summed E-state index contributed by atoms with van der Waals surface area (Å²) < 4.78 is 5.77. The molecular formula is C24H24N2O2S. The lowest BCUT2D eigenvalue weighted by Crippen LogP contribution is -2.42. The number of carbonyl (C=O) groups is 1. The van der Waals surface area contributed by atoms with E-state index in [1.54, 1.807) is 24.3 Å². The molecule has 0 bridgehead atoms. The fourth-order valence-corrected chi connectivity index (χ4v) is 3.25. The predicted octanol–water partition coefficient (Wildman–Crippen LogP) is 4.85. The third-order valence-electron chi connectivity index (χ3n) is 4.47. The third-order valence-corrected chi connectivity index (χ3v) is 4.79.